The maximum atomic E-state index is 9.81. The molecular formula is C16H22O3S. The topological polar surface area (TPSA) is 38.7 Å². The Morgan fingerprint density at radius 3 is 2.40 bits per heavy atom. The number of phenolic OH excluding ortho intramolecular Hbond substituents is 1. The predicted molar refractivity (Wildman–Crippen MR) is 80.4 cm³/mol. The van der Waals surface area contributed by atoms with Crippen LogP contribution in [0.1, 0.15) is 40.2 Å². The van der Waals surface area contributed by atoms with Crippen molar-refractivity contribution in [1.82, 2.24) is 0 Å². The highest BCUT2D eigenvalue weighted by Crippen LogP contribution is 2.74. The third-order valence-corrected chi connectivity index (χ3v) is 6.48. The molecular weight excluding hydrogens is 272 g/mol. The molecule has 0 aliphatic carbocycles. The molecule has 3 rings (SSSR count). The van der Waals surface area contributed by atoms with E-state index in [2.05, 4.69) is 34.6 Å². The zero-order valence-corrected chi connectivity index (χ0v) is 13.5. The Morgan fingerprint density at radius 1 is 1.20 bits per heavy atom. The second-order valence-electron chi connectivity index (χ2n) is 7.44. The fraction of sp³-hybridized carbons (Fsp3) is 0.625. The van der Waals surface area contributed by atoms with Crippen LogP contribution in [0.2, 0.25) is 0 Å². The van der Waals surface area contributed by atoms with E-state index in [0.29, 0.717) is 0 Å². The fourth-order valence-corrected chi connectivity index (χ4v) is 5.91. The molecule has 0 spiro atoms. The molecule has 20 heavy (non-hydrogen) atoms. The van der Waals surface area contributed by atoms with Crippen molar-refractivity contribution in [2.45, 2.75) is 45.2 Å². The molecule has 2 aliphatic rings. The summed E-state index contributed by atoms with van der Waals surface area (Å²) in [6.45, 7) is 11.1. The summed E-state index contributed by atoms with van der Waals surface area (Å²) in [5.41, 5.74) is 0.476. The first-order valence-electron chi connectivity index (χ1n) is 6.97. The maximum absolute atomic E-state index is 9.81. The highest BCUT2D eigenvalue weighted by atomic mass is 32.2. The molecule has 2 saturated heterocycles. The lowest BCUT2D eigenvalue weighted by molar-refractivity contribution is -0.566. The second-order valence-corrected chi connectivity index (χ2v) is 8.59. The molecule has 2 atom stereocenters. The van der Waals surface area contributed by atoms with Crippen molar-refractivity contribution in [1.29, 1.82) is 0 Å². The van der Waals surface area contributed by atoms with Gasteiger partial charge in [0.1, 0.15) is 5.75 Å². The lowest BCUT2D eigenvalue weighted by atomic mass is 9.58. The van der Waals surface area contributed by atoms with Crippen LogP contribution in [0.5, 0.6) is 5.75 Å². The molecule has 1 N–H and O–H groups in total. The molecule has 2 unspecified atom stereocenters. The molecule has 2 aliphatic heterocycles. The van der Waals surface area contributed by atoms with Crippen molar-refractivity contribution >= 4 is 11.8 Å². The van der Waals surface area contributed by atoms with Gasteiger partial charge in [-0.1, -0.05) is 46.8 Å². The zero-order chi connectivity index (χ0) is 14.8. The van der Waals surface area contributed by atoms with Crippen molar-refractivity contribution in [3.8, 4) is 5.75 Å². The number of phenols is 1. The van der Waals surface area contributed by atoms with E-state index in [1.54, 1.807) is 23.9 Å². The van der Waals surface area contributed by atoms with Gasteiger partial charge in [-0.3, -0.25) is 0 Å². The molecule has 2 heterocycles. The van der Waals surface area contributed by atoms with Crippen molar-refractivity contribution in [2.75, 3.05) is 5.75 Å². The van der Waals surface area contributed by atoms with Crippen LogP contribution in [-0.2, 0) is 14.7 Å². The molecule has 0 saturated carbocycles. The highest BCUT2D eigenvalue weighted by Gasteiger charge is 2.80. The number of aromatic hydroxyl groups is 1. The standard InChI is InChI=1S/C16H22O3S/c1-13(2,3)16-14(4,5)10-20-15(16,18-19-16)11-7-6-8-12(17)9-11/h6-9,17H,10H2,1-5H3. The highest BCUT2D eigenvalue weighted by molar-refractivity contribution is 8.00. The van der Waals surface area contributed by atoms with Gasteiger partial charge in [-0.2, -0.15) is 0 Å². The normalized spacial score (nSPS) is 35.5. The Bertz CT molecular complexity index is 549. The Hall–Kier alpha value is -0.710. The first kappa shape index (κ1) is 14.2. The third kappa shape index (κ3) is 1.45. The predicted octanol–water partition coefficient (Wildman–Crippen LogP) is 4.06. The Labute approximate surface area is 124 Å². The molecule has 0 bridgehead atoms. The van der Waals surface area contributed by atoms with Crippen molar-refractivity contribution in [3.05, 3.63) is 29.8 Å². The van der Waals surface area contributed by atoms with Crippen molar-refractivity contribution in [3.63, 3.8) is 0 Å². The largest absolute Gasteiger partial charge is 0.508 e. The molecule has 2 fully saturated rings. The summed E-state index contributed by atoms with van der Waals surface area (Å²) in [4.78, 5) is 11.0. The average Bonchev–Trinajstić information content (AvgIpc) is 2.41. The van der Waals surface area contributed by atoms with Crippen LogP contribution in [0.15, 0.2) is 24.3 Å². The van der Waals surface area contributed by atoms with Gasteiger partial charge in [0.05, 0.1) is 0 Å². The van der Waals surface area contributed by atoms with E-state index >= 15 is 0 Å². The van der Waals surface area contributed by atoms with Gasteiger partial charge in [0.25, 0.3) is 0 Å². The Kier molecular flexibility index (Phi) is 2.80. The van der Waals surface area contributed by atoms with Gasteiger partial charge in [-0.25, -0.2) is 9.78 Å². The fourth-order valence-electron chi connectivity index (χ4n) is 3.95. The summed E-state index contributed by atoms with van der Waals surface area (Å²) in [6.07, 6.45) is 0. The van der Waals surface area contributed by atoms with Crippen LogP contribution in [0, 0.1) is 10.8 Å². The first-order chi connectivity index (χ1) is 9.16. The minimum Gasteiger partial charge on any atom is -0.508 e. The van der Waals surface area contributed by atoms with E-state index in [1.165, 1.54) is 0 Å². The molecule has 0 amide bonds. The first-order valence-corrected chi connectivity index (χ1v) is 7.95. The van der Waals surface area contributed by atoms with Crippen molar-refractivity contribution in [2.24, 2.45) is 10.8 Å². The van der Waals surface area contributed by atoms with E-state index in [0.717, 1.165) is 11.3 Å². The van der Waals surface area contributed by atoms with Crippen LogP contribution in [0.25, 0.3) is 0 Å². The SMILES string of the molecule is CC(C)(C)C12OOC1(c1cccc(O)c1)SCC2(C)C. The summed E-state index contributed by atoms with van der Waals surface area (Å²) < 4.78 is 0. The Morgan fingerprint density at radius 2 is 1.90 bits per heavy atom. The quantitative estimate of drug-likeness (QED) is 0.793. The molecule has 0 aromatic heterocycles. The third-order valence-electron chi connectivity index (χ3n) is 4.62. The van der Waals surface area contributed by atoms with Gasteiger partial charge in [0.2, 0.25) is 4.93 Å². The molecule has 110 valence electrons. The smallest absolute Gasteiger partial charge is 0.207 e. The molecule has 4 heteroatoms. The number of hydrogen-bond donors (Lipinski definition) is 1. The zero-order valence-electron chi connectivity index (χ0n) is 12.7. The lowest BCUT2D eigenvalue weighted by Crippen LogP contribution is -2.71. The summed E-state index contributed by atoms with van der Waals surface area (Å²) in [7, 11) is 0. The van der Waals surface area contributed by atoms with Crippen LogP contribution >= 0.6 is 11.8 Å². The van der Waals surface area contributed by atoms with Crippen LogP contribution in [0.4, 0.5) is 0 Å². The van der Waals surface area contributed by atoms with Gasteiger partial charge in [-0.15, -0.1) is 11.8 Å². The number of hydrogen-bond acceptors (Lipinski definition) is 4. The van der Waals surface area contributed by atoms with Gasteiger partial charge >= 0.3 is 0 Å². The lowest BCUT2D eigenvalue weighted by Gasteiger charge is -2.62. The summed E-state index contributed by atoms with van der Waals surface area (Å²) >= 11 is 1.78. The second kappa shape index (κ2) is 3.93. The van der Waals surface area contributed by atoms with Crippen LogP contribution in [-0.4, -0.2) is 16.5 Å². The monoisotopic (exact) mass is 294 g/mol. The summed E-state index contributed by atoms with van der Waals surface area (Å²) in [5, 5.41) is 9.81. The van der Waals surface area contributed by atoms with Gasteiger partial charge in [-0.05, 0) is 17.5 Å². The number of rotatable bonds is 1. The summed E-state index contributed by atoms with van der Waals surface area (Å²) in [5.74, 6) is 1.22. The van der Waals surface area contributed by atoms with Crippen LogP contribution < -0.4 is 0 Å². The minimum absolute atomic E-state index is 0.0143. The summed E-state index contributed by atoms with van der Waals surface area (Å²) in [6, 6.07) is 7.35. The molecule has 3 nitrogen and oxygen atoms in total. The van der Waals surface area contributed by atoms with Crippen LogP contribution in [0.3, 0.4) is 0 Å². The number of fused-ring (bicyclic) bond motifs is 1. The number of benzene rings is 1. The number of thioether (sulfide) groups is 1. The van der Waals surface area contributed by atoms with Crippen molar-refractivity contribution < 1.29 is 14.9 Å². The van der Waals surface area contributed by atoms with E-state index in [4.69, 9.17) is 9.78 Å². The van der Waals surface area contributed by atoms with E-state index in [9.17, 15) is 5.11 Å². The van der Waals surface area contributed by atoms with Gasteiger partial charge in [0.15, 0.2) is 5.60 Å². The molecule has 0 radical (unpaired) electrons. The van der Waals surface area contributed by atoms with E-state index in [-0.39, 0.29) is 16.6 Å². The van der Waals surface area contributed by atoms with Gasteiger partial charge in [0, 0.05) is 16.7 Å². The van der Waals surface area contributed by atoms with Gasteiger partial charge < -0.3 is 5.11 Å². The molecule has 1 aromatic carbocycles. The van der Waals surface area contributed by atoms with E-state index < -0.39 is 10.5 Å². The molecule has 1 aromatic rings. The average molecular weight is 294 g/mol. The Balaban J connectivity index is 2.19. The maximum Gasteiger partial charge on any atom is 0.207 e. The minimum atomic E-state index is -0.534. The van der Waals surface area contributed by atoms with E-state index in [1.807, 2.05) is 12.1 Å².